The molecule has 3 heteroatoms. The maximum absolute atomic E-state index is 5.54. The highest BCUT2D eigenvalue weighted by Crippen LogP contribution is 2.45. The summed E-state index contributed by atoms with van der Waals surface area (Å²) in [6.45, 7) is 2.27. The Bertz CT molecular complexity index is 430. The van der Waals surface area contributed by atoms with Crippen LogP contribution in [0.4, 0.5) is 0 Å². The molecule has 1 N–H and O–H groups in total. The van der Waals surface area contributed by atoms with E-state index in [-0.39, 0.29) is 0 Å². The second-order valence-electron chi connectivity index (χ2n) is 4.93. The van der Waals surface area contributed by atoms with Crippen molar-refractivity contribution in [1.29, 1.82) is 0 Å². The smallest absolute Gasteiger partial charge is 0.164 e. The number of nitrogens with one attached hydrogen (secondary N) is 1. The normalized spacial score (nSPS) is 26.2. The Kier molecular flexibility index (Phi) is 2.71. The third-order valence-corrected chi connectivity index (χ3v) is 4.19. The molecule has 1 aromatic carbocycles. The number of fused-ring (bicyclic) bond motifs is 3. The van der Waals surface area contributed by atoms with Gasteiger partial charge in [-0.15, -0.1) is 0 Å². The first kappa shape index (κ1) is 10.9. The number of benzene rings is 1. The summed E-state index contributed by atoms with van der Waals surface area (Å²) in [4.78, 5) is 0. The van der Waals surface area contributed by atoms with Crippen LogP contribution < -0.4 is 14.8 Å². The Labute approximate surface area is 102 Å². The van der Waals surface area contributed by atoms with Crippen molar-refractivity contribution < 1.29 is 9.47 Å². The van der Waals surface area contributed by atoms with Crippen molar-refractivity contribution in [1.82, 2.24) is 5.32 Å². The topological polar surface area (TPSA) is 30.5 Å². The maximum Gasteiger partial charge on any atom is 0.164 e. The molecule has 0 amide bonds. The van der Waals surface area contributed by atoms with Crippen molar-refractivity contribution in [3.05, 3.63) is 23.3 Å². The van der Waals surface area contributed by atoms with E-state index in [1.54, 1.807) is 14.2 Å². The van der Waals surface area contributed by atoms with Gasteiger partial charge in [-0.1, -0.05) is 6.07 Å². The van der Waals surface area contributed by atoms with Crippen LogP contribution in [0.3, 0.4) is 0 Å². The van der Waals surface area contributed by atoms with Crippen molar-refractivity contribution in [2.75, 3.05) is 27.3 Å². The van der Waals surface area contributed by atoms with Crippen LogP contribution in [0.25, 0.3) is 0 Å². The van der Waals surface area contributed by atoms with Gasteiger partial charge in [0.25, 0.3) is 0 Å². The quantitative estimate of drug-likeness (QED) is 0.847. The van der Waals surface area contributed by atoms with E-state index in [0.717, 1.165) is 30.4 Å². The molecule has 92 valence electrons. The first-order valence-corrected chi connectivity index (χ1v) is 6.29. The zero-order valence-corrected chi connectivity index (χ0v) is 10.5. The minimum Gasteiger partial charge on any atom is -0.493 e. The number of methoxy groups -OCH3 is 2. The Hall–Kier alpha value is -1.22. The molecule has 0 aromatic heterocycles. The van der Waals surface area contributed by atoms with Gasteiger partial charge in [0.15, 0.2) is 11.5 Å². The Morgan fingerprint density at radius 2 is 2.06 bits per heavy atom. The molecular formula is C14H19NO2. The molecule has 0 radical (unpaired) electrons. The third-order valence-electron chi connectivity index (χ3n) is 4.19. The van der Waals surface area contributed by atoms with Gasteiger partial charge in [0.2, 0.25) is 0 Å². The van der Waals surface area contributed by atoms with Crippen LogP contribution in [0.5, 0.6) is 11.5 Å². The van der Waals surface area contributed by atoms with Gasteiger partial charge >= 0.3 is 0 Å². The highest BCUT2D eigenvalue weighted by atomic mass is 16.5. The zero-order chi connectivity index (χ0) is 11.8. The Morgan fingerprint density at radius 3 is 2.82 bits per heavy atom. The number of ether oxygens (including phenoxy) is 2. The molecule has 3 rings (SSSR count). The minimum atomic E-state index is 0.665. The van der Waals surface area contributed by atoms with Crippen molar-refractivity contribution in [2.45, 2.75) is 18.8 Å². The lowest BCUT2D eigenvalue weighted by Gasteiger charge is -2.29. The van der Waals surface area contributed by atoms with Crippen molar-refractivity contribution in [3.8, 4) is 11.5 Å². The predicted molar refractivity (Wildman–Crippen MR) is 67.0 cm³/mol. The molecule has 17 heavy (non-hydrogen) atoms. The monoisotopic (exact) mass is 233 g/mol. The van der Waals surface area contributed by atoms with E-state index in [4.69, 9.17) is 9.47 Å². The summed E-state index contributed by atoms with van der Waals surface area (Å²) in [6, 6.07) is 4.26. The van der Waals surface area contributed by atoms with Crippen LogP contribution in [0.2, 0.25) is 0 Å². The molecule has 1 aliphatic heterocycles. The maximum atomic E-state index is 5.54. The molecule has 3 nitrogen and oxygen atoms in total. The van der Waals surface area contributed by atoms with Gasteiger partial charge in [0.05, 0.1) is 14.2 Å². The number of rotatable bonds is 2. The highest BCUT2D eigenvalue weighted by molar-refractivity contribution is 5.53. The van der Waals surface area contributed by atoms with Gasteiger partial charge < -0.3 is 14.8 Å². The first-order chi connectivity index (χ1) is 8.35. The molecule has 2 aliphatic rings. The molecule has 0 unspecified atom stereocenters. The summed E-state index contributed by atoms with van der Waals surface area (Å²) < 4.78 is 10.9. The van der Waals surface area contributed by atoms with Gasteiger partial charge in [0.1, 0.15) is 0 Å². The summed E-state index contributed by atoms with van der Waals surface area (Å²) in [6.07, 6.45) is 2.37. The van der Waals surface area contributed by atoms with Crippen LogP contribution in [0.1, 0.15) is 23.5 Å². The van der Waals surface area contributed by atoms with E-state index < -0.39 is 0 Å². The van der Waals surface area contributed by atoms with Crippen molar-refractivity contribution >= 4 is 0 Å². The molecule has 1 aromatic rings. The van der Waals surface area contributed by atoms with E-state index in [0.29, 0.717) is 5.92 Å². The second-order valence-corrected chi connectivity index (χ2v) is 4.93. The van der Waals surface area contributed by atoms with Crippen molar-refractivity contribution in [2.24, 2.45) is 5.92 Å². The third kappa shape index (κ3) is 1.61. The van der Waals surface area contributed by atoms with E-state index in [1.165, 1.54) is 24.1 Å². The molecule has 1 fully saturated rings. The van der Waals surface area contributed by atoms with E-state index in [1.807, 2.05) is 6.07 Å². The summed E-state index contributed by atoms with van der Waals surface area (Å²) in [7, 11) is 3.43. The van der Waals surface area contributed by atoms with E-state index in [2.05, 4.69) is 11.4 Å². The molecular weight excluding hydrogens is 214 g/mol. The molecule has 0 saturated carbocycles. The zero-order valence-electron chi connectivity index (χ0n) is 10.5. The highest BCUT2D eigenvalue weighted by Gasteiger charge is 2.35. The largest absolute Gasteiger partial charge is 0.493 e. The molecule has 2 atom stereocenters. The molecule has 1 aliphatic carbocycles. The van der Waals surface area contributed by atoms with Gasteiger partial charge in [-0.05, 0) is 36.9 Å². The summed E-state index contributed by atoms with van der Waals surface area (Å²) in [5.74, 6) is 3.27. The molecule has 0 spiro atoms. The minimum absolute atomic E-state index is 0.665. The summed E-state index contributed by atoms with van der Waals surface area (Å²) >= 11 is 0. The van der Waals surface area contributed by atoms with Gasteiger partial charge in [-0.25, -0.2) is 0 Å². The molecule has 1 saturated heterocycles. The fourth-order valence-electron chi connectivity index (χ4n) is 3.34. The van der Waals surface area contributed by atoms with Gasteiger partial charge in [-0.3, -0.25) is 0 Å². The van der Waals surface area contributed by atoms with Gasteiger partial charge in [-0.2, -0.15) is 0 Å². The predicted octanol–water partition coefficient (Wildman–Crippen LogP) is 1.95. The fourth-order valence-corrected chi connectivity index (χ4v) is 3.34. The average molecular weight is 233 g/mol. The lowest BCUT2D eigenvalue weighted by atomic mass is 9.76. The van der Waals surface area contributed by atoms with Crippen LogP contribution in [-0.4, -0.2) is 27.3 Å². The number of hydrogen-bond donors (Lipinski definition) is 1. The molecule has 0 bridgehead atoms. The van der Waals surface area contributed by atoms with E-state index in [9.17, 15) is 0 Å². The van der Waals surface area contributed by atoms with Crippen LogP contribution in [0.15, 0.2) is 12.1 Å². The lowest BCUT2D eigenvalue weighted by Crippen LogP contribution is -2.19. The summed E-state index contributed by atoms with van der Waals surface area (Å²) in [5.41, 5.74) is 2.82. The van der Waals surface area contributed by atoms with Crippen LogP contribution in [0, 0.1) is 5.92 Å². The summed E-state index contributed by atoms with van der Waals surface area (Å²) in [5, 5.41) is 3.50. The Morgan fingerprint density at radius 1 is 1.18 bits per heavy atom. The second kappa shape index (κ2) is 4.22. The first-order valence-electron chi connectivity index (χ1n) is 6.29. The lowest BCUT2D eigenvalue weighted by molar-refractivity contribution is 0.344. The van der Waals surface area contributed by atoms with Crippen LogP contribution in [-0.2, 0) is 6.42 Å². The standard InChI is InChI=1S/C14H19NO2/c1-16-13-6-5-10-11(14(13)17-2)4-3-9-7-15-8-12(9)10/h5-6,9,12,15H,3-4,7-8H2,1-2H3/t9-,12-/m0/s1. The SMILES string of the molecule is COc1ccc2c(c1OC)CC[C@H]1CNC[C@H]21. The Balaban J connectivity index is 2.09. The fraction of sp³-hybridized carbons (Fsp3) is 0.571. The van der Waals surface area contributed by atoms with Crippen molar-refractivity contribution in [3.63, 3.8) is 0 Å². The van der Waals surface area contributed by atoms with E-state index >= 15 is 0 Å². The van der Waals surface area contributed by atoms with Gasteiger partial charge in [0, 0.05) is 18.0 Å². The number of hydrogen-bond acceptors (Lipinski definition) is 3. The van der Waals surface area contributed by atoms with Crippen LogP contribution >= 0.6 is 0 Å². The molecule has 1 heterocycles. The average Bonchev–Trinajstić information content (AvgIpc) is 2.85.